The van der Waals surface area contributed by atoms with E-state index >= 15 is 0 Å². The molecule has 0 aromatic heterocycles. The van der Waals surface area contributed by atoms with E-state index in [-0.39, 0.29) is 5.56 Å². The van der Waals surface area contributed by atoms with Crippen molar-refractivity contribution in [3.05, 3.63) is 29.6 Å². The predicted octanol–water partition coefficient (Wildman–Crippen LogP) is 1.15. The van der Waals surface area contributed by atoms with Crippen molar-refractivity contribution in [2.75, 3.05) is 0 Å². The number of aromatic hydroxyl groups is 1. The molecule has 1 rings (SSSR count). The van der Waals surface area contributed by atoms with Gasteiger partial charge in [0.15, 0.2) is 17.3 Å². The summed E-state index contributed by atoms with van der Waals surface area (Å²) in [5.74, 6) is -1.80. The number of phenols is 1. The monoisotopic (exact) mass is 183 g/mol. The van der Waals surface area contributed by atoms with Crippen molar-refractivity contribution < 1.29 is 19.4 Å². The number of hydrogen-bond acceptors (Lipinski definition) is 3. The third-order valence-corrected chi connectivity index (χ3v) is 1.67. The number of ketones is 1. The molecule has 0 fully saturated rings. The molecule has 2 N–H and O–H groups in total. The standard InChI is InChI=1S/C9H9FO3/c1-5(11)9(13)6-2-3-7(10)8(12)4-6/h2-4,9,12-13H,1H3/i10-1. The number of halogens is 1. The van der Waals surface area contributed by atoms with Gasteiger partial charge in [0.2, 0.25) is 0 Å². The summed E-state index contributed by atoms with van der Waals surface area (Å²) in [7, 11) is 0. The van der Waals surface area contributed by atoms with Crippen LogP contribution < -0.4 is 0 Å². The zero-order chi connectivity index (χ0) is 10.0. The van der Waals surface area contributed by atoms with Crippen LogP contribution in [0.2, 0.25) is 0 Å². The lowest BCUT2D eigenvalue weighted by Gasteiger charge is -2.07. The molecule has 0 aliphatic rings. The molecule has 0 amide bonds. The topological polar surface area (TPSA) is 57.5 Å². The smallest absolute Gasteiger partial charge is 0.164 e. The highest BCUT2D eigenvalue weighted by atomic mass is 18.2. The van der Waals surface area contributed by atoms with Crippen LogP contribution in [-0.4, -0.2) is 16.0 Å². The van der Waals surface area contributed by atoms with Crippen molar-refractivity contribution in [3.8, 4) is 5.75 Å². The quantitative estimate of drug-likeness (QED) is 0.723. The van der Waals surface area contributed by atoms with E-state index in [0.717, 1.165) is 12.1 Å². The minimum atomic E-state index is -1.30. The third kappa shape index (κ3) is 2.03. The first-order valence-corrected chi connectivity index (χ1v) is 3.69. The molecule has 0 bridgehead atoms. The van der Waals surface area contributed by atoms with Gasteiger partial charge in [0, 0.05) is 0 Å². The molecule has 0 aliphatic carbocycles. The second-order valence-corrected chi connectivity index (χ2v) is 2.72. The van der Waals surface area contributed by atoms with Gasteiger partial charge in [-0.1, -0.05) is 6.07 Å². The second kappa shape index (κ2) is 3.53. The molecule has 1 unspecified atom stereocenters. The maximum absolute atomic E-state index is 12.5. The Kier molecular flexibility index (Phi) is 2.63. The first kappa shape index (κ1) is 9.67. The highest BCUT2D eigenvalue weighted by Gasteiger charge is 2.14. The first-order valence-electron chi connectivity index (χ1n) is 3.69. The Balaban J connectivity index is 3.03. The van der Waals surface area contributed by atoms with Crippen molar-refractivity contribution in [1.82, 2.24) is 0 Å². The van der Waals surface area contributed by atoms with E-state index in [1.165, 1.54) is 13.0 Å². The van der Waals surface area contributed by atoms with Crippen LogP contribution >= 0.6 is 0 Å². The van der Waals surface area contributed by atoms with Crippen molar-refractivity contribution in [1.29, 1.82) is 0 Å². The normalized spacial score (nSPS) is 12.5. The number of aliphatic hydroxyl groups is 1. The average molecular weight is 183 g/mol. The molecular weight excluding hydrogens is 174 g/mol. The minimum Gasteiger partial charge on any atom is -0.505 e. The number of phenolic OH excluding ortho intramolecular Hbond substituents is 1. The van der Waals surface area contributed by atoms with Gasteiger partial charge in [-0.2, -0.15) is 0 Å². The van der Waals surface area contributed by atoms with Gasteiger partial charge in [0.05, 0.1) is 0 Å². The number of carbonyl (C=O) groups excluding carboxylic acids is 1. The summed E-state index contributed by atoms with van der Waals surface area (Å²) in [6.07, 6.45) is -1.30. The van der Waals surface area contributed by atoms with Crippen LogP contribution in [0.15, 0.2) is 18.2 Å². The maximum Gasteiger partial charge on any atom is 0.164 e. The van der Waals surface area contributed by atoms with Crippen LogP contribution in [0.4, 0.5) is 4.39 Å². The lowest BCUT2D eigenvalue weighted by Crippen LogP contribution is -2.07. The van der Waals surface area contributed by atoms with E-state index in [0.29, 0.717) is 0 Å². The lowest BCUT2D eigenvalue weighted by molar-refractivity contribution is -0.125. The van der Waals surface area contributed by atoms with Gasteiger partial charge < -0.3 is 10.2 Å². The van der Waals surface area contributed by atoms with Gasteiger partial charge in [-0.3, -0.25) is 4.79 Å². The minimum absolute atomic E-state index is 0.186. The summed E-state index contributed by atoms with van der Waals surface area (Å²) in [5, 5.41) is 18.2. The molecule has 0 saturated heterocycles. The summed E-state index contributed by atoms with van der Waals surface area (Å²) in [5.41, 5.74) is 0.186. The second-order valence-electron chi connectivity index (χ2n) is 2.72. The number of carbonyl (C=O) groups is 1. The molecule has 1 aromatic carbocycles. The third-order valence-electron chi connectivity index (χ3n) is 1.67. The molecular formula is C9H9FO3. The van der Waals surface area contributed by atoms with Gasteiger partial charge in [-0.25, -0.2) is 4.39 Å². The Morgan fingerprint density at radius 2 is 2.15 bits per heavy atom. The Hall–Kier alpha value is -1.42. The first-order chi connectivity index (χ1) is 6.02. The molecule has 3 nitrogen and oxygen atoms in total. The highest BCUT2D eigenvalue weighted by Crippen LogP contribution is 2.21. The fourth-order valence-electron chi connectivity index (χ4n) is 0.934. The van der Waals surface area contributed by atoms with E-state index in [4.69, 9.17) is 5.11 Å². The number of Topliss-reactive ketones (excluding diaryl/α,β-unsaturated/α-hetero) is 1. The Morgan fingerprint density at radius 1 is 1.54 bits per heavy atom. The van der Waals surface area contributed by atoms with Crippen molar-refractivity contribution in [3.63, 3.8) is 0 Å². The van der Waals surface area contributed by atoms with E-state index in [1.54, 1.807) is 0 Å². The summed E-state index contributed by atoms with van der Waals surface area (Å²) < 4.78 is 12.5. The molecule has 1 atom stereocenters. The van der Waals surface area contributed by atoms with Crippen molar-refractivity contribution in [2.45, 2.75) is 13.0 Å². The van der Waals surface area contributed by atoms with Gasteiger partial charge in [0.1, 0.15) is 6.10 Å². The summed E-state index contributed by atoms with van der Waals surface area (Å²) in [6, 6.07) is 3.28. The van der Waals surface area contributed by atoms with E-state index < -0.39 is 23.5 Å². The zero-order valence-electron chi connectivity index (χ0n) is 6.99. The predicted molar refractivity (Wildman–Crippen MR) is 43.7 cm³/mol. The van der Waals surface area contributed by atoms with E-state index in [2.05, 4.69) is 0 Å². The largest absolute Gasteiger partial charge is 0.505 e. The molecule has 13 heavy (non-hydrogen) atoms. The average Bonchev–Trinajstić information content (AvgIpc) is 2.08. The molecule has 0 aliphatic heterocycles. The molecule has 0 heterocycles. The lowest BCUT2D eigenvalue weighted by atomic mass is 10.1. The Morgan fingerprint density at radius 3 is 2.62 bits per heavy atom. The van der Waals surface area contributed by atoms with E-state index in [1.807, 2.05) is 0 Å². The molecule has 0 saturated carbocycles. The van der Waals surface area contributed by atoms with Crippen molar-refractivity contribution in [2.24, 2.45) is 0 Å². The number of hydrogen-bond donors (Lipinski definition) is 2. The molecule has 0 spiro atoms. The molecule has 4 heteroatoms. The number of benzene rings is 1. The summed E-state index contributed by atoms with van der Waals surface area (Å²) >= 11 is 0. The van der Waals surface area contributed by atoms with Gasteiger partial charge >= 0.3 is 0 Å². The Labute approximate surface area is 74.4 Å². The summed E-state index contributed by atoms with van der Waals surface area (Å²) in [6.45, 7) is 1.21. The molecule has 0 radical (unpaired) electrons. The van der Waals surface area contributed by atoms with Crippen LogP contribution in [0.1, 0.15) is 18.6 Å². The zero-order valence-corrected chi connectivity index (χ0v) is 6.99. The van der Waals surface area contributed by atoms with Crippen LogP contribution in [0.25, 0.3) is 0 Å². The van der Waals surface area contributed by atoms with Crippen LogP contribution in [0.3, 0.4) is 0 Å². The maximum atomic E-state index is 12.5. The number of rotatable bonds is 2. The molecule has 1 aromatic rings. The van der Waals surface area contributed by atoms with Gasteiger partial charge in [-0.05, 0) is 24.6 Å². The molecule has 70 valence electrons. The van der Waals surface area contributed by atoms with Gasteiger partial charge in [0.25, 0.3) is 0 Å². The van der Waals surface area contributed by atoms with Gasteiger partial charge in [-0.15, -0.1) is 0 Å². The van der Waals surface area contributed by atoms with E-state index in [9.17, 15) is 14.3 Å². The SMILES string of the molecule is CC(=O)C(O)c1ccc([18F])c(O)c1. The summed E-state index contributed by atoms with van der Waals surface area (Å²) in [4.78, 5) is 10.7. The highest BCUT2D eigenvalue weighted by molar-refractivity contribution is 5.81. The fraction of sp³-hybridized carbons (Fsp3) is 0.222. The fourth-order valence-corrected chi connectivity index (χ4v) is 0.934. The Bertz CT molecular complexity index is 336. The van der Waals surface area contributed by atoms with Crippen LogP contribution in [-0.2, 0) is 4.79 Å². The van der Waals surface area contributed by atoms with Crippen LogP contribution in [0.5, 0.6) is 5.75 Å². The number of aliphatic hydroxyl groups excluding tert-OH is 1. The van der Waals surface area contributed by atoms with Crippen molar-refractivity contribution >= 4 is 5.78 Å². The van der Waals surface area contributed by atoms with Crippen LogP contribution in [0, 0.1) is 5.82 Å².